The number of carboxylic acid groups (broad SMARTS) is 1. The topological polar surface area (TPSA) is 142 Å². The molecule has 1 unspecified atom stereocenters. The summed E-state index contributed by atoms with van der Waals surface area (Å²) in [5.41, 5.74) is 6.34. The zero-order chi connectivity index (χ0) is 30.5. The van der Waals surface area contributed by atoms with Crippen molar-refractivity contribution in [2.24, 2.45) is 5.73 Å². The number of amides is 4. The van der Waals surface area contributed by atoms with E-state index in [1.807, 2.05) is 30.3 Å². The van der Waals surface area contributed by atoms with Crippen molar-refractivity contribution < 1.29 is 29.0 Å². The zero-order valence-electron chi connectivity index (χ0n) is 24.0. The first-order valence-electron chi connectivity index (χ1n) is 13.7. The van der Waals surface area contributed by atoms with Crippen molar-refractivity contribution in [3.8, 4) is 0 Å². The number of fused-ring (bicyclic) bond motifs is 1. The Morgan fingerprint density at radius 1 is 0.976 bits per heavy atom. The van der Waals surface area contributed by atoms with Crippen molar-refractivity contribution in [3.63, 3.8) is 0 Å². The van der Waals surface area contributed by atoms with E-state index in [4.69, 9.17) is 10.5 Å². The van der Waals surface area contributed by atoms with Crippen molar-refractivity contribution in [2.75, 3.05) is 18.0 Å². The van der Waals surface area contributed by atoms with E-state index >= 15 is 0 Å². The van der Waals surface area contributed by atoms with Crippen LogP contribution in [0.4, 0.5) is 15.3 Å². The van der Waals surface area contributed by atoms with E-state index in [1.54, 1.807) is 74.2 Å². The summed E-state index contributed by atoms with van der Waals surface area (Å²) in [4.78, 5) is 54.7. The quantitative estimate of drug-likeness (QED) is 0.358. The summed E-state index contributed by atoms with van der Waals surface area (Å²) in [6.45, 7) is 5.54. The minimum atomic E-state index is -1.56. The summed E-state index contributed by atoms with van der Waals surface area (Å²) in [5, 5.41) is 12.9. The van der Waals surface area contributed by atoms with Crippen molar-refractivity contribution in [1.29, 1.82) is 0 Å². The van der Waals surface area contributed by atoms with Gasteiger partial charge in [0.25, 0.3) is 5.91 Å². The minimum Gasteiger partial charge on any atom is -0.481 e. The van der Waals surface area contributed by atoms with Crippen LogP contribution in [0.2, 0.25) is 0 Å². The Bertz CT molecular complexity index is 1470. The predicted octanol–water partition coefficient (Wildman–Crippen LogP) is 4.67. The fraction of sp³-hybridized carbons (Fsp3) is 0.312. The number of nitrogens with zero attached hydrogens (tertiary/aromatic N) is 2. The predicted molar refractivity (Wildman–Crippen MR) is 158 cm³/mol. The van der Waals surface area contributed by atoms with Gasteiger partial charge in [-0.15, -0.1) is 0 Å². The molecule has 4 rings (SSSR count). The van der Waals surface area contributed by atoms with Crippen LogP contribution >= 0.6 is 0 Å². The molecule has 3 aromatic rings. The van der Waals surface area contributed by atoms with Crippen LogP contribution in [0, 0.1) is 0 Å². The van der Waals surface area contributed by atoms with Crippen molar-refractivity contribution in [2.45, 2.75) is 51.3 Å². The van der Waals surface area contributed by atoms with Gasteiger partial charge in [-0.25, -0.2) is 9.59 Å². The van der Waals surface area contributed by atoms with Crippen LogP contribution in [0.5, 0.6) is 0 Å². The first-order chi connectivity index (χ1) is 19.9. The molecule has 10 heteroatoms. The maximum atomic E-state index is 13.9. The van der Waals surface area contributed by atoms with Crippen LogP contribution in [0.15, 0.2) is 78.9 Å². The Kier molecular flexibility index (Phi) is 8.84. The third-order valence-electron chi connectivity index (χ3n) is 7.02. The Hall–Kier alpha value is -4.86. The van der Waals surface area contributed by atoms with E-state index in [9.17, 15) is 24.3 Å². The zero-order valence-corrected chi connectivity index (χ0v) is 24.0. The number of para-hydroxylation sites is 1. The van der Waals surface area contributed by atoms with Gasteiger partial charge in [0.15, 0.2) is 0 Å². The summed E-state index contributed by atoms with van der Waals surface area (Å²) in [6, 6.07) is 22.3. The number of urea groups is 1. The lowest BCUT2D eigenvalue weighted by Crippen LogP contribution is -2.58. The van der Waals surface area contributed by atoms with Gasteiger partial charge in [-0.2, -0.15) is 0 Å². The van der Waals surface area contributed by atoms with Gasteiger partial charge in [0.2, 0.25) is 0 Å². The van der Waals surface area contributed by atoms with Gasteiger partial charge in [0, 0.05) is 19.6 Å². The molecule has 0 saturated heterocycles. The molecule has 4 amide bonds. The lowest BCUT2D eigenvalue weighted by atomic mass is 9.83. The average Bonchev–Trinajstić information content (AvgIpc) is 3.03. The molecule has 1 aliphatic rings. The average molecular weight is 573 g/mol. The SMILES string of the molecule is CC(C)(C)OC(=O)NCc1cccc(C2(CC(=O)O)CN(CCc3ccccc3)C(=O)c3ccccc3N2C(N)=O)c1. The maximum absolute atomic E-state index is 13.9. The number of rotatable bonds is 8. The van der Waals surface area contributed by atoms with Gasteiger partial charge >= 0.3 is 18.1 Å². The lowest BCUT2D eigenvalue weighted by Gasteiger charge is -2.43. The molecule has 4 N–H and O–H groups in total. The number of primary amides is 1. The van der Waals surface area contributed by atoms with Crippen molar-refractivity contribution >= 4 is 29.7 Å². The normalized spacial score (nSPS) is 16.8. The number of hydrogen-bond acceptors (Lipinski definition) is 5. The van der Waals surface area contributed by atoms with Crippen molar-refractivity contribution in [3.05, 3.63) is 101 Å². The summed E-state index contributed by atoms with van der Waals surface area (Å²) < 4.78 is 5.33. The van der Waals surface area contributed by atoms with Crippen molar-refractivity contribution in [1.82, 2.24) is 10.2 Å². The van der Waals surface area contributed by atoms with Gasteiger partial charge < -0.3 is 25.8 Å². The lowest BCUT2D eigenvalue weighted by molar-refractivity contribution is -0.138. The molecular formula is C32H36N4O6. The Labute approximate surface area is 245 Å². The molecule has 220 valence electrons. The molecule has 0 radical (unpaired) electrons. The molecular weight excluding hydrogens is 536 g/mol. The summed E-state index contributed by atoms with van der Waals surface area (Å²) >= 11 is 0. The molecule has 42 heavy (non-hydrogen) atoms. The number of hydrogen-bond donors (Lipinski definition) is 3. The van der Waals surface area contributed by atoms with E-state index in [0.717, 1.165) is 5.56 Å². The third-order valence-corrected chi connectivity index (χ3v) is 7.02. The second kappa shape index (κ2) is 12.3. The Balaban J connectivity index is 1.81. The molecule has 0 spiro atoms. The van der Waals surface area contributed by atoms with Crippen LogP contribution < -0.4 is 16.0 Å². The fourth-order valence-electron chi connectivity index (χ4n) is 5.29. The second-order valence-corrected chi connectivity index (χ2v) is 11.3. The van der Waals surface area contributed by atoms with E-state index in [1.165, 1.54) is 4.90 Å². The molecule has 0 fully saturated rings. The molecule has 0 aromatic heterocycles. The number of carbonyl (C=O) groups is 4. The monoisotopic (exact) mass is 572 g/mol. The van der Waals surface area contributed by atoms with Gasteiger partial charge in [-0.05, 0) is 56.0 Å². The first kappa shape index (κ1) is 30.1. The number of ether oxygens (including phenoxy) is 1. The molecule has 0 bridgehead atoms. The van der Waals surface area contributed by atoms with Crippen LogP contribution in [-0.4, -0.2) is 52.7 Å². The Morgan fingerprint density at radius 3 is 2.31 bits per heavy atom. The summed E-state index contributed by atoms with van der Waals surface area (Å²) in [5.74, 6) is -1.50. The highest BCUT2D eigenvalue weighted by Gasteiger charge is 2.49. The number of aliphatic carboxylic acids is 1. The van der Waals surface area contributed by atoms with Crippen LogP contribution in [-0.2, 0) is 28.0 Å². The van der Waals surface area contributed by atoms with E-state index in [-0.39, 0.29) is 36.8 Å². The van der Waals surface area contributed by atoms with E-state index in [2.05, 4.69) is 5.32 Å². The smallest absolute Gasteiger partial charge is 0.407 e. The second-order valence-electron chi connectivity index (χ2n) is 11.3. The number of anilines is 1. The first-order valence-corrected chi connectivity index (χ1v) is 13.7. The standard InChI is InChI=1S/C32H36N4O6/c1-31(2,3)42-30(41)34-20-23-12-9-13-24(18-23)32(19-27(37)38)21-35(17-16-22-10-5-4-6-11-22)28(39)25-14-7-8-15-26(25)36(32)29(33)40/h4-15,18H,16-17,19-21H2,1-3H3,(H2,33,40)(H,34,41)(H,37,38). The minimum absolute atomic E-state index is 0.0930. The molecule has 1 atom stereocenters. The van der Waals surface area contributed by atoms with Crippen LogP contribution in [0.3, 0.4) is 0 Å². The number of benzene rings is 3. The van der Waals surface area contributed by atoms with Gasteiger partial charge in [0.05, 0.1) is 17.7 Å². The van der Waals surface area contributed by atoms with Crippen LogP contribution in [0.25, 0.3) is 0 Å². The highest BCUT2D eigenvalue weighted by atomic mass is 16.6. The number of carboxylic acids is 1. The van der Waals surface area contributed by atoms with Gasteiger partial charge in [-0.3, -0.25) is 14.5 Å². The molecule has 0 aliphatic carbocycles. The van der Waals surface area contributed by atoms with Gasteiger partial charge in [0.1, 0.15) is 11.1 Å². The van der Waals surface area contributed by atoms with Crippen LogP contribution in [0.1, 0.15) is 54.2 Å². The van der Waals surface area contributed by atoms with E-state index in [0.29, 0.717) is 17.5 Å². The highest BCUT2D eigenvalue weighted by molar-refractivity contribution is 6.06. The fourth-order valence-corrected chi connectivity index (χ4v) is 5.29. The number of alkyl carbamates (subject to hydrolysis) is 1. The number of nitrogens with one attached hydrogen (secondary N) is 1. The molecule has 1 heterocycles. The molecule has 1 aliphatic heterocycles. The summed E-state index contributed by atoms with van der Waals surface area (Å²) in [6.07, 6.45) is -0.607. The number of nitrogens with two attached hydrogens (primary N) is 1. The van der Waals surface area contributed by atoms with Gasteiger partial charge in [-0.1, -0.05) is 66.7 Å². The Morgan fingerprint density at radius 2 is 1.64 bits per heavy atom. The molecule has 0 saturated carbocycles. The third kappa shape index (κ3) is 6.88. The molecule has 3 aromatic carbocycles. The summed E-state index contributed by atoms with van der Waals surface area (Å²) in [7, 11) is 0. The molecule has 10 nitrogen and oxygen atoms in total. The largest absolute Gasteiger partial charge is 0.481 e. The van der Waals surface area contributed by atoms with E-state index < -0.39 is 35.7 Å². The highest BCUT2D eigenvalue weighted by Crippen LogP contribution is 2.42. The maximum Gasteiger partial charge on any atom is 0.407 e. The number of carbonyl (C=O) groups excluding carboxylic acids is 3.